The van der Waals surface area contributed by atoms with Gasteiger partial charge in [0.15, 0.2) is 0 Å². The maximum atomic E-state index is 13.5. The fourth-order valence-corrected chi connectivity index (χ4v) is 3.57. The summed E-state index contributed by atoms with van der Waals surface area (Å²) in [6.07, 6.45) is 0.237. The first-order valence-corrected chi connectivity index (χ1v) is 10.3. The van der Waals surface area contributed by atoms with Crippen molar-refractivity contribution < 1.29 is 19.0 Å². The lowest BCUT2D eigenvalue weighted by atomic mass is 10.2. The highest BCUT2D eigenvalue weighted by atomic mass is 35.5. The molecular formula is C22H27ClFN3O3. The summed E-state index contributed by atoms with van der Waals surface area (Å²) in [5, 5.41) is 16.9. The highest BCUT2D eigenvalue weighted by Gasteiger charge is 2.23. The van der Waals surface area contributed by atoms with E-state index in [2.05, 4.69) is 15.5 Å². The molecule has 0 spiro atoms. The first-order chi connectivity index (χ1) is 14.4. The van der Waals surface area contributed by atoms with Gasteiger partial charge in [0.1, 0.15) is 24.3 Å². The smallest absolute Gasteiger partial charge is 0.221 e. The number of ether oxygens (including phenoxy) is 1. The third-order valence-electron chi connectivity index (χ3n) is 4.92. The summed E-state index contributed by atoms with van der Waals surface area (Å²) < 4.78 is 19.0. The molecule has 1 heterocycles. The second-order valence-electron chi connectivity index (χ2n) is 7.54. The lowest BCUT2D eigenvalue weighted by Crippen LogP contribution is -2.39. The predicted molar refractivity (Wildman–Crippen MR) is 115 cm³/mol. The highest BCUT2D eigenvalue weighted by Crippen LogP contribution is 2.25. The lowest BCUT2D eigenvalue weighted by Gasteiger charge is -2.19. The van der Waals surface area contributed by atoms with Gasteiger partial charge in [0.2, 0.25) is 5.91 Å². The van der Waals surface area contributed by atoms with Crippen LogP contribution in [0.2, 0.25) is 5.02 Å². The molecule has 0 aliphatic carbocycles. The molecule has 1 aliphatic rings. The molecule has 2 aromatic rings. The van der Waals surface area contributed by atoms with Gasteiger partial charge >= 0.3 is 0 Å². The predicted octanol–water partition coefficient (Wildman–Crippen LogP) is 3.04. The summed E-state index contributed by atoms with van der Waals surface area (Å²) in [7, 11) is 0. The number of hydrogen-bond donors (Lipinski definition) is 3. The van der Waals surface area contributed by atoms with Crippen molar-refractivity contribution in [2.24, 2.45) is 0 Å². The number of aliphatic hydroxyl groups is 1. The molecule has 1 aliphatic heterocycles. The van der Waals surface area contributed by atoms with E-state index in [1.807, 2.05) is 24.3 Å². The molecule has 2 atom stereocenters. The fourth-order valence-electron chi connectivity index (χ4n) is 3.45. The van der Waals surface area contributed by atoms with Crippen molar-refractivity contribution >= 4 is 23.2 Å². The van der Waals surface area contributed by atoms with Crippen molar-refractivity contribution in [3.63, 3.8) is 0 Å². The van der Waals surface area contributed by atoms with Crippen LogP contribution in [0.5, 0.6) is 5.75 Å². The monoisotopic (exact) mass is 435 g/mol. The fraction of sp³-hybridized carbons (Fsp3) is 0.409. The number of hydrogen-bond acceptors (Lipinski definition) is 5. The van der Waals surface area contributed by atoms with Gasteiger partial charge in [-0.05, 0) is 36.2 Å². The molecule has 30 heavy (non-hydrogen) atoms. The Kier molecular flexibility index (Phi) is 8.04. The van der Waals surface area contributed by atoms with E-state index in [-0.39, 0.29) is 24.3 Å². The van der Waals surface area contributed by atoms with Crippen LogP contribution in [0.4, 0.5) is 10.1 Å². The SMILES string of the molecule is CC(=O)Nc1ccc(F)cc1OC[C@H](O)CNC1CCN(Cc2ccc(Cl)cc2)C1. The zero-order valence-electron chi connectivity index (χ0n) is 16.9. The molecule has 8 heteroatoms. The zero-order valence-corrected chi connectivity index (χ0v) is 17.7. The van der Waals surface area contributed by atoms with Crippen LogP contribution in [0, 0.1) is 5.82 Å². The Morgan fingerprint density at radius 2 is 2.10 bits per heavy atom. The molecule has 0 saturated carbocycles. The molecule has 1 unspecified atom stereocenters. The van der Waals surface area contributed by atoms with Crippen LogP contribution in [-0.2, 0) is 11.3 Å². The average molecular weight is 436 g/mol. The van der Waals surface area contributed by atoms with Crippen molar-refractivity contribution in [2.45, 2.75) is 32.0 Å². The van der Waals surface area contributed by atoms with E-state index in [0.29, 0.717) is 12.2 Å². The third-order valence-corrected chi connectivity index (χ3v) is 5.17. The number of amides is 1. The van der Waals surface area contributed by atoms with Gasteiger partial charge in [-0.3, -0.25) is 9.69 Å². The van der Waals surface area contributed by atoms with Gasteiger partial charge in [-0.15, -0.1) is 0 Å². The number of rotatable bonds is 9. The lowest BCUT2D eigenvalue weighted by molar-refractivity contribution is -0.114. The van der Waals surface area contributed by atoms with Gasteiger partial charge < -0.3 is 20.5 Å². The number of carbonyl (C=O) groups is 1. The van der Waals surface area contributed by atoms with Crippen molar-refractivity contribution in [1.29, 1.82) is 0 Å². The Labute approximate surface area is 181 Å². The molecule has 162 valence electrons. The summed E-state index contributed by atoms with van der Waals surface area (Å²) in [4.78, 5) is 13.6. The van der Waals surface area contributed by atoms with Crippen molar-refractivity contribution in [2.75, 3.05) is 31.6 Å². The number of carbonyl (C=O) groups excluding carboxylic acids is 1. The van der Waals surface area contributed by atoms with E-state index in [1.165, 1.54) is 30.7 Å². The van der Waals surface area contributed by atoms with Gasteiger partial charge in [0, 0.05) is 50.2 Å². The molecule has 0 radical (unpaired) electrons. The summed E-state index contributed by atoms with van der Waals surface area (Å²) in [6, 6.07) is 12.0. The molecule has 0 bridgehead atoms. The Bertz CT molecular complexity index is 850. The van der Waals surface area contributed by atoms with Crippen LogP contribution in [0.15, 0.2) is 42.5 Å². The van der Waals surface area contributed by atoms with Gasteiger partial charge in [-0.25, -0.2) is 4.39 Å². The molecule has 1 fully saturated rings. The first-order valence-electron chi connectivity index (χ1n) is 9.97. The topological polar surface area (TPSA) is 73.8 Å². The number of nitrogens with one attached hydrogen (secondary N) is 2. The van der Waals surface area contributed by atoms with Crippen LogP contribution < -0.4 is 15.4 Å². The molecule has 0 aromatic heterocycles. The second-order valence-corrected chi connectivity index (χ2v) is 7.98. The van der Waals surface area contributed by atoms with E-state index < -0.39 is 11.9 Å². The van der Waals surface area contributed by atoms with Crippen LogP contribution in [-0.4, -0.2) is 54.3 Å². The molecule has 6 nitrogen and oxygen atoms in total. The van der Waals surface area contributed by atoms with E-state index in [4.69, 9.17) is 16.3 Å². The van der Waals surface area contributed by atoms with Crippen LogP contribution >= 0.6 is 11.6 Å². The minimum atomic E-state index is -0.760. The van der Waals surface area contributed by atoms with Gasteiger partial charge in [0.05, 0.1) is 5.69 Å². The van der Waals surface area contributed by atoms with Gasteiger partial charge in [0.25, 0.3) is 0 Å². The molecule has 3 N–H and O–H groups in total. The summed E-state index contributed by atoms with van der Waals surface area (Å²) in [5.41, 5.74) is 1.59. The van der Waals surface area contributed by atoms with Crippen LogP contribution in [0.25, 0.3) is 0 Å². The molecule has 1 saturated heterocycles. The van der Waals surface area contributed by atoms with Crippen molar-refractivity contribution in [3.05, 3.63) is 58.9 Å². The average Bonchev–Trinajstić information content (AvgIpc) is 3.15. The number of benzene rings is 2. The standard InChI is InChI=1S/C22H27ClFN3O3/c1-15(28)26-21-7-6-18(24)10-22(21)30-14-20(29)11-25-19-8-9-27(13-19)12-16-2-4-17(23)5-3-16/h2-7,10,19-20,25,29H,8-9,11-14H2,1H3,(H,26,28)/t19?,20-/m1/s1. The number of likely N-dealkylation sites (tertiary alicyclic amines) is 1. The number of anilines is 1. The maximum Gasteiger partial charge on any atom is 0.221 e. The quantitative estimate of drug-likeness (QED) is 0.564. The third kappa shape index (κ3) is 6.95. The first kappa shape index (κ1) is 22.5. The summed E-state index contributed by atoms with van der Waals surface area (Å²) in [5.74, 6) is -0.559. The largest absolute Gasteiger partial charge is 0.489 e. The number of aliphatic hydroxyl groups excluding tert-OH is 1. The van der Waals surface area contributed by atoms with Crippen LogP contribution in [0.1, 0.15) is 18.9 Å². The van der Waals surface area contributed by atoms with Crippen LogP contribution in [0.3, 0.4) is 0 Å². The van der Waals surface area contributed by atoms with E-state index in [1.54, 1.807) is 0 Å². The normalized spacial score (nSPS) is 17.7. The maximum absolute atomic E-state index is 13.5. The van der Waals surface area contributed by atoms with Crippen molar-refractivity contribution in [1.82, 2.24) is 10.2 Å². The Hall–Kier alpha value is -2.19. The second kappa shape index (κ2) is 10.7. The van der Waals surface area contributed by atoms with Crippen molar-refractivity contribution in [3.8, 4) is 5.75 Å². The minimum Gasteiger partial charge on any atom is -0.489 e. The Morgan fingerprint density at radius 1 is 1.33 bits per heavy atom. The summed E-state index contributed by atoms with van der Waals surface area (Å²) in [6.45, 7) is 4.47. The Balaban J connectivity index is 1.41. The number of halogens is 2. The highest BCUT2D eigenvalue weighted by molar-refractivity contribution is 6.30. The number of nitrogens with zero attached hydrogens (tertiary/aromatic N) is 1. The van der Waals surface area contributed by atoms with E-state index in [0.717, 1.165) is 31.1 Å². The minimum absolute atomic E-state index is 0.00968. The van der Waals surface area contributed by atoms with Gasteiger partial charge in [-0.1, -0.05) is 23.7 Å². The molecular weight excluding hydrogens is 409 g/mol. The molecule has 2 aromatic carbocycles. The van der Waals surface area contributed by atoms with E-state index >= 15 is 0 Å². The zero-order chi connectivity index (χ0) is 21.5. The molecule has 1 amide bonds. The van der Waals surface area contributed by atoms with E-state index in [9.17, 15) is 14.3 Å². The van der Waals surface area contributed by atoms with Gasteiger partial charge in [-0.2, -0.15) is 0 Å². The summed E-state index contributed by atoms with van der Waals surface area (Å²) >= 11 is 5.93. The molecule has 3 rings (SSSR count). The Morgan fingerprint density at radius 3 is 2.83 bits per heavy atom.